The normalized spacial score (nSPS) is 14.6. The lowest BCUT2D eigenvalue weighted by molar-refractivity contribution is -0.123. The van der Waals surface area contributed by atoms with Crippen molar-refractivity contribution in [3.8, 4) is 0 Å². The van der Waals surface area contributed by atoms with Gasteiger partial charge in [0.2, 0.25) is 0 Å². The summed E-state index contributed by atoms with van der Waals surface area (Å²) in [6.07, 6.45) is 5.06. The molecular weight excluding hydrogens is 369 g/mol. The molecule has 0 heterocycles. The zero-order chi connectivity index (χ0) is 18.4. The molecule has 0 saturated heterocycles. The lowest BCUT2D eigenvalue weighted by Gasteiger charge is -2.22. The van der Waals surface area contributed by atoms with Crippen molar-refractivity contribution in [1.29, 1.82) is 0 Å². The smallest absolute Gasteiger partial charge is 0.340 e. The minimum Gasteiger partial charge on any atom is -0.452 e. The van der Waals surface area contributed by atoms with E-state index in [-0.39, 0.29) is 27.3 Å². The second kappa shape index (κ2) is 8.92. The van der Waals surface area contributed by atoms with E-state index in [2.05, 4.69) is 10.6 Å². The highest BCUT2D eigenvalue weighted by atomic mass is 35.5. The summed E-state index contributed by atoms with van der Waals surface area (Å²) < 4.78 is 4.84. The van der Waals surface area contributed by atoms with Gasteiger partial charge in [-0.2, -0.15) is 0 Å². The van der Waals surface area contributed by atoms with E-state index in [1.807, 2.05) is 0 Å². The van der Waals surface area contributed by atoms with Crippen molar-refractivity contribution in [1.82, 2.24) is 10.6 Å². The van der Waals surface area contributed by atoms with E-state index in [1.54, 1.807) is 0 Å². The van der Waals surface area contributed by atoms with E-state index in [0.717, 1.165) is 32.1 Å². The first-order chi connectivity index (χ1) is 11.9. The molecule has 7 nitrogen and oxygen atoms in total. The van der Waals surface area contributed by atoms with Crippen LogP contribution in [0.2, 0.25) is 10.0 Å². The summed E-state index contributed by atoms with van der Waals surface area (Å²) >= 11 is 11.6. The second-order valence-electron chi connectivity index (χ2n) is 5.78. The van der Waals surface area contributed by atoms with Gasteiger partial charge in [0, 0.05) is 11.1 Å². The number of ether oxygens (including phenoxy) is 1. The molecule has 0 radical (unpaired) electrons. The third kappa shape index (κ3) is 5.79. The van der Waals surface area contributed by atoms with Crippen LogP contribution in [0.25, 0.3) is 0 Å². The number of carbonyl (C=O) groups is 3. The van der Waals surface area contributed by atoms with Gasteiger partial charge in [0.25, 0.3) is 5.91 Å². The van der Waals surface area contributed by atoms with Gasteiger partial charge in [-0.3, -0.25) is 10.1 Å². The van der Waals surface area contributed by atoms with Crippen LogP contribution in [-0.2, 0) is 9.53 Å². The number of hydrogen-bond donors (Lipinski definition) is 3. The van der Waals surface area contributed by atoms with Crippen LogP contribution in [0, 0.1) is 0 Å². The van der Waals surface area contributed by atoms with Gasteiger partial charge in [0.1, 0.15) is 0 Å². The third-order valence-electron chi connectivity index (χ3n) is 3.84. The molecule has 1 aliphatic carbocycles. The number of carbonyl (C=O) groups excluding carboxylic acids is 3. The van der Waals surface area contributed by atoms with Crippen LogP contribution < -0.4 is 16.4 Å². The summed E-state index contributed by atoms with van der Waals surface area (Å²) in [6.45, 7) is -0.625. The molecule has 136 valence electrons. The second-order valence-corrected chi connectivity index (χ2v) is 6.63. The average molecular weight is 388 g/mol. The Morgan fingerprint density at radius 2 is 1.84 bits per heavy atom. The van der Waals surface area contributed by atoms with Crippen LogP contribution in [-0.4, -0.2) is 30.6 Å². The molecule has 0 aromatic heterocycles. The molecule has 1 aliphatic rings. The van der Waals surface area contributed by atoms with Crippen molar-refractivity contribution < 1.29 is 19.1 Å². The van der Waals surface area contributed by atoms with Gasteiger partial charge < -0.3 is 15.8 Å². The number of benzene rings is 1. The van der Waals surface area contributed by atoms with E-state index in [4.69, 9.17) is 33.7 Å². The van der Waals surface area contributed by atoms with Gasteiger partial charge in [-0.1, -0.05) is 42.5 Å². The van der Waals surface area contributed by atoms with Crippen LogP contribution in [0.3, 0.4) is 0 Å². The molecule has 0 atom stereocenters. The minimum absolute atomic E-state index is 0.00603. The van der Waals surface area contributed by atoms with E-state index in [0.29, 0.717) is 0 Å². The number of halogens is 2. The van der Waals surface area contributed by atoms with Crippen LogP contribution in [0.15, 0.2) is 12.1 Å². The van der Waals surface area contributed by atoms with Gasteiger partial charge in [-0.15, -0.1) is 0 Å². The minimum atomic E-state index is -0.857. The summed E-state index contributed by atoms with van der Waals surface area (Å²) in [5, 5.41) is 5.17. The SMILES string of the molecule is Nc1c(Cl)cc(Cl)cc1C(=O)OCC(=O)NC(=O)NC1CCCCC1. The molecule has 0 bridgehead atoms. The highest BCUT2D eigenvalue weighted by molar-refractivity contribution is 6.37. The van der Waals surface area contributed by atoms with Crippen molar-refractivity contribution in [2.75, 3.05) is 12.3 Å². The fourth-order valence-electron chi connectivity index (χ4n) is 2.59. The topological polar surface area (TPSA) is 111 Å². The number of hydrogen-bond acceptors (Lipinski definition) is 5. The molecule has 9 heteroatoms. The fraction of sp³-hybridized carbons (Fsp3) is 0.438. The van der Waals surface area contributed by atoms with E-state index >= 15 is 0 Å². The van der Waals surface area contributed by atoms with Crippen molar-refractivity contribution in [2.45, 2.75) is 38.1 Å². The van der Waals surface area contributed by atoms with Crippen molar-refractivity contribution >= 4 is 46.8 Å². The van der Waals surface area contributed by atoms with E-state index in [9.17, 15) is 14.4 Å². The summed E-state index contributed by atoms with van der Waals surface area (Å²) in [5.41, 5.74) is 5.65. The van der Waals surface area contributed by atoms with Crippen LogP contribution in [0.4, 0.5) is 10.5 Å². The Labute approximate surface area is 155 Å². The number of nitrogens with two attached hydrogens (primary N) is 1. The van der Waals surface area contributed by atoms with Gasteiger partial charge in [0.15, 0.2) is 6.61 Å². The molecular formula is C16H19Cl2N3O4. The summed E-state index contributed by atoms with van der Waals surface area (Å²) in [4.78, 5) is 35.4. The summed E-state index contributed by atoms with van der Waals surface area (Å²) in [7, 11) is 0. The Balaban J connectivity index is 1.81. The van der Waals surface area contributed by atoms with Crippen molar-refractivity contribution in [3.05, 3.63) is 27.7 Å². The number of esters is 1. The van der Waals surface area contributed by atoms with Crippen molar-refractivity contribution in [2.24, 2.45) is 0 Å². The number of amides is 3. The standard InChI is InChI=1S/C16H19Cl2N3O4/c17-9-6-11(14(19)12(18)7-9)15(23)25-8-13(22)21-16(24)20-10-4-2-1-3-5-10/h6-7,10H,1-5,8,19H2,(H2,20,21,22,24). The molecule has 0 aliphatic heterocycles. The predicted octanol–water partition coefficient (Wildman–Crippen LogP) is 2.89. The number of imide groups is 1. The molecule has 1 fully saturated rings. The molecule has 25 heavy (non-hydrogen) atoms. The van der Waals surface area contributed by atoms with Gasteiger partial charge in [-0.05, 0) is 25.0 Å². The molecule has 0 spiro atoms. The first-order valence-corrected chi connectivity index (χ1v) is 8.64. The molecule has 1 saturated carbocycles. The number of anilines is 1. The molecule has 3 amide bonds. The Kier molecular flexibility index (Phi) is 6.90. The molecule has 1 aromatic carbocycles. The molecule has 4 N–H and O–H groups in total. The van der Waals surface area contributed by atoms with Gasteiger partial charge in [-0.25, -0.2) is 9.59 Å². The predicted molar refractivity (Wildman–Crippen MR) is 94.7 cm³/mol. The van der Waals surface area contributed by atoms with E-state index in [1.165, 1.54) is 12.1 Å². The first-order valence-electron chi connectivity index (χ1n) is 7.89. The van der Waals surface area contributed by atoms with Crippen LogP contribution in [0.5, 0.6) is 0 Å². The van der Waals surface area contributed by atoms with Crippen LogP contribution in [0.1, 0.15) is 42.5 Å². The Hall–Kier alpha value is -1.99. The Bertz CT molecular complexity index is 676. The lowest BCUT2D eigenvalue weighted by Crippen LogP contribution is -2.46. The molecule has 2 rings (SSSR count). The lowest BCUT2D eigenvalue weighted by atomic mass is 9.96. The van der Waals surface area contributed by atoms with Gasteiger partial charge in [0.05, 0.1) is 16.3 Å². The number of nitrogens with one attached hydrogen (secondary N) is 2. The summed E-state index contributed by atoms with van der Waals surface area (Å²) in [6, 6.07) is 2.15. The highest BCUT2D eigenvalue weighted by Gasteiger charge is 2.19. The zero-order valence-electron chi connectivity index (χ0n) is 13.4. The summed E-state index contributed by atoms with van der Waals surface area (Å²) in [5.74, 6) is -1.60. The Morgan fingerprint density at radius 3 is 2.52 bits per heavy atom. The largest absolute Gasteiger partial charge is 0.452 e. The zero-order valence-corrected chi connectivity index (χ0v) is 15.0. The maximum absolute atomic E-state index is 12.0. The molecule has 0 unspecified atom stereocenters. The number of nitrogen functional groups attached to an aromatic ring is 1. The molecule has 1 aromatic rings. The van der Waals surface area contributed by atoms with Crippen LogP contribution >= 0.6 is 23.2 Å². The van der Waals surface area contributed by atoms with E-state index < -0.39 is 24.5 Å². The Morgan fingerprint density at radius 1 is 1.16 bits per heavy atom. The maximum Gasteiger partial charge on any atom is 0.340 e. The average Bonchev–Trinajstić information content (AvgIpc) is 2.56. The maximum atomic E-state index is 12.0. The monoisotopic (exact) mass is 387 g/mol. The number of rotatable bonds is 4. The van der Waals surface area contributed by atoms with Gasteiger partial charge >= 0.3 is 12.0 Å². The number of urea groups is 1. The van der Waals surface area contributed by atoms with Crippen molar-refractivity contribution in [3.63, 3.8) is 0 Å². The third-order valence-corrected chi connectivity index (χ3v) is 4.37. The highest BCUT2D eigenvalue weighted by Crippen LogP contribution is 2.28. The first kappa shape index (κ1) is 19.3. The fourth-order valence-corrected chi connectivity index (χ4v) is 3.09. The quantitative estimate of drug-likeness (QED) is 0.543.